The summed E-state index contributed by atoms with van der Waals surface area (Å²) in [6.45, 7) is 0.909. The van der Waals surface area contributed by atoms with Crippen molar-refractivity contribution in [3.8, 4) is 0 Å². The number of ether oxygens (including phenoxy) is 1. The number of nitrogens with two attached hydrogens (primary N) is 1. The van der Waals surface area contributed by atoms with Crippen molar-refractivity contribution in [2.45, 2.75) is 31.4 Å². The average Bonchev–Trinajstić information content (AvgIpc) is 3.03. The second-order valence-corrected chi connectivity index (χ2v) is 4.74. The van der Waals surface area contributed by atoms with Crippen LogP contribution in [0, 0.1) is 5.92 Å². The summed E-state index contributed by atoms with van der Waals surface area (Å²) in [4.78, 5) is 0. The molecule has 15 heavy (non-hydrogen) atoms. The number of hydrogen-bond donors (Lipinski definition) is 1. The summed E-state index contributed by atoms with van der Waals surface area (Å²) < 4.78 is 5.90. The third kappa shape index (κ3) is 1.80. The van der Waals surface area contributed by atoms with Crippen LogP contribution in [0.15, 0.2) is 24.3 Å². The van der Waals surface area contributed by atoms with E-state index in [1.54, 1.807) is 0 Å². The summed E-state index contributed by atoms with van der Waals surface area (Å²) in [5.74, 6) is 0.820. The molecule has 2 N–H and O–H groups in total. The van der Waals surface area contributed by atoms with Crippen molar-refractivity contribution in [3.05, 3.63) is 35.4 Å². The van der Waals surface area contributed by atoms with E-state index in [2.05, 4.69) is 24.3 Å². The lowest BCUT2D eigenvalue weighted by atomic mass is 10.1. The lowest BCUT2D eigenvalue weighted by Gasteiger charge is -2.16. The van der Waals surface area contributed by atoms with Crippen molar-refractivity contribution in [1.29, 1.82) is 0 Å². The Morgan fingerprint density at radius 3 is 2.80 bits per heavy atom. The topological polar surface area (TPSA) is 35.2 Å². The van der Waals surface area contributed by atoms with Crippen LogP contribution in [0.4, 0.5) is 0 Å². The molecule has 0 spiro atoms. The molecule has 0 aromatic heterocycles. The maximum atomic E-state index is 6.17. The van der Waals surface area contributed by atoms with Crippen LogP contribution in [-0.4, -0.2) is 12.7 Å². The molecular formula is C13H17NO. The van der Waals surface area contributed by atoms with Crippen LogP contribution >= 0.6 is 0 Å². The Balaban J connectivity index is 1.68. The Hall–Kier alpha value is -0.860. The van der Waals surface area contributed by atoms with Gasteiger partial charge in [-0.1, -0.05) is 24.3 Å². The van der Waals surface area contributed by atoms with E-state index < -0.39 is 0 Å². The highest BCUT2D eigenvalue weighted by Gasteiger charge is 2.31. The average molecular weight is 203 g/mol. The first-order valence-electron chi connectivity index (χ1n) is 5.79. The Labute approximate surface area is 90.4 Å². The van der Waals surface area contributed by atoms with Crippen LogP contribution in [0.25, 0.3) is 0 Å². The highest BCUT2D eigenvalue weighted by atomic mass is 16.5. The minimum Gasteiger partial charge on any atom is -0.376 e. The molecule has 0 aliphatic heterocycles. The van der Waals surface area contributed by atoms with Crippen LogP contribution < -0.4 is 5.73 Å². The van der Waals surface area contributed by atoms with E-state index >= 15 is 0 Å². The minimum atomic E-state index is 0.0833. The summed E-state index contributed by atoms with van der Waals surface area (Å²) >= 11 is 0. The van der Waals surface area contributed by atoms with Gasteiger partial charge in [0.2, 0.25) is 0 Å². The molecular weight excluding hydrogens is 186 g/mol. The van der Waals surface area contributed by atoms with Gasteiger partial charge >= 0.3 is 0 Å². The molecule has 0 heterocycles. The van der Waals surface area contributed by atoms with Crippen molar-refractivity contribution in [1.82, 2.24) is 0 Å². The second-order valence-electron chi connectivity index (χ2n) is 4.74. The molecule has 0 amide bonds. The Kier molecular flexibility index (Phi) is 2.26. The van der Waals surface area contributed by atoms with Gasteiger partial charge in [0.1, 0.15) is 0 Å². The fraction of sp³-hybridized carbons (Fsp3) is 0.538. The summed E-state index contributed by atoms with van der Waals surface area (Å²) in [6, 6.07) is 8.51. The highest BCUT2D eigenvalue weighted by Crippen LogP contribution is 2.34. The van der Waals surface area contributed by atoms with Crippen molar-refractivity contribution in [2.75, 3.05) is 6.61 Å². The Morgan fingerprint density at radius 1 is 1.27 bits per heavy atom. The predicted octanol–water partition coefficient (Wildman–Crippen LogP) is 2.04. The first-order chi connectivity index (χ1) is 7.34. The number of rotatable bonds is 3. The molecule has 1 aromatic carbocycles. The zero-order valence-electron chi connectivity index (χ0n) is 8.86. The molecule has 1 saturated carbocycles. The molecule has 2 nitrogen and oxygen atoms in total. The van der Waals surface area contributed by atoms with Gasteiger partial charge in [0.15, 0.2) is 0 Å². The first-order valence-corrected chi connectivity index (χ1v) is 5.79. The molecule has 2 aliphatic carbocycles. The minimum absolute atomic E-state index is 0.0833. The first kappa shape index (κ1) is 9.37. The molecule has 1 aromatic rings. The Bertz CT molecular complexity index is 359. The molecule has 0 radical (unpaired) electrons. The van der Waals surface area contributed by atoms with Crippen molar-refractivity contribution in [3.63, 3.8) is 0 Å². The van der Waals surface area contributed by atoms with Crippen molar-refractivity contribution >= 4 is 0 Å². The molecule has 2 heteroatoms. The lowest BCUT2D eigenvalue weighted by Crippen LogP contribution is -2.25. The highest BCUT2D eigenvalue weighted by molar-refractivity contribution is 5.36. The van der Waals surface area contributed by atoms with Gasteiger partial charge in [-0.3, -0.25) is 0 Å². The van der Waals surface area contributed by atoms with E-state index in [9.17, 15) is 0 Å². The maximum Gasteiger partial charge on any atom is 0.0808 e. The zero-order chi connectivity index (χ0) is 10.3. The summed E-state index contributed by atoms with van der Waals surface area (Å²) in [6.07, 6.45) is 3.89. The fourth-order valence-electron chi connectivity index (χ4n) is 2.30. The molecule has 0 bridgehead atoms. The van der Waals surface area contributed by atoms with Gasteiger partial charge in [0, 0.05) is 13.0 Å². The van der Waals surface area contributed by atoms with E-state index in [-0.39, 0.29) is 12.1 Å². The van der Waals surface area contributed by atoms with Crippen LogP contribution in [0.2, 0.25) is 0 Å². The van der Waals surface area contributed by atoms with E-state index in [0.29, 0.717) is 0 Å². The van der Waals surface area contributed by atoms with Gasteiger partial charge in [0.25, 0.3) is 0 Å². The summed E-state index contributed by atoms with van der Waals surface area (Å²) in [7, 11) is 0. The third-order valence-electron chi connectivity index (χ3n) is 3.48. The lowest BCUT2D eigenvalue weighted by molar-refractivity contribution is 0.0367. The number of fused-ring (bicyclic) bond motifs is 1. The summed E-state index contributed by atoms with van der Waals surface area (Å²) in [5.41, 5.74) is 8.81. The van der Waals surface area contributed by atoms with Gasteiger partial charge in [0.05, 0.1) is 12.1 Å². The van der Waals surface area contributed by atoms with Crippen LogP contribution in [0.5, 0.6) is 0 Å². The van der Waals surface area contributed by atoms with Gasteiger partial charge in [-0.2, -0.15) is 0 Å². The van der Waals surface area contributed by atoms with Crippen LogP contribution in [0.3, 0.4) is 0 Å². The summed E-state index contributed by atoms with van der Waals surface area (Å²) in [5, 5.41) is 0. The Morgan fingerprint density at radius 2 is 2.07 bits per heavy atom. The van der Waals surface area contributed by atoms with E-state index in [1.165, 1.54) is 24.0 Å². The smallest absolute Gasteiger partial charge is 0.0808 e. The molecule has 0 saturated heterocycles. The van der Waals surface area contributed by atoms with E-state index in [1.807, 2.05) is 0 Å². The fourth-order valence-corrected chi connectivity index (χ4v) is 2.30. The molecule has 2 atom stereocenters. The predicted molar refractivity (Wildman–Crippen MR) is 59.5 cm³/mol. The molecule has 2 aliphatic rings. The molecule has 80 valence electrons. The van der Waals surface area contributed by atoms with E-state index in [0.717, 1.165) is 18.9 Å². The normalized spacial score (nSPS) is 29.1. The van der Waals surface area contributed by atoms with Crippen LogP contribution in [-0.2, 0) is 11.2 Å². The molecule has 2 unspecified atom stereocenters. The maximum absolute atomic E-state index is 6.17. The van der Waals surface area contributed by atoms with Gasteiger partial charge in [-0.15, -0.1) is 0 Å². The van der Waals surface area contributed by atoms with Crippen molar-refractivity contribution in [2.24, 2.45) is 11.7 Å². The van der Waals surface area contributed by atoms with Crippen LogP contribution in [0.1, 0.15) is 30.0 Å². The monoisotopic (exact) mass is 203 g/mol. The molecule has 3 rings (SSSR count). The van der Waals surface area contributed by atoms with Gasteiger partial charge in [-0.25, -0.2) is 0 Å². The number of benzene rings is 1. The third-order valence-corrected chi connectivity index (χ3v) is 3.48. The SMILES string of the molecule is NC1c2ccccc2CC1OCC1CC1. The van der Waals surface area contributed by atoms with Gasteiger partial charge < -0.3 is 10.5 Å². The zero-order valence-corrected chi connectivity index (χ0v) is 8.86. The largest absolute Gasteiger partial charge is 0.376 e. The van der Waals surface area contributed by atoms with Crippen molar-refractivity contribution < 1.29 is 4.74 Å². The number of hydrogen-bond acceptors (Lipinski definition) is 2. The quantitative estimate of drug-likeness (QED) is 0.816. The second kappa shape index (κ2) is 3.62. The van der Waals surface area contributed by atoms with Gasteiger partial charge in [-0.05, 0) is 29.9 Å². The standard InChI is InChI=1S/C13H17NO/c14-13-11-4-2-1-3-10(11)7-12(13)15-8-9-5-6-9/h1-4,9,12-13H,5-8,14H2. The van der Waals surface area contributed by atoms with E-state index in [4.69, 9.17) is 10.5 Å². The molecule has 1 fully saturated rings.